The lowest BCUT2D eigenvalue weighted by Crippen LogP contribution is -2.53. The SMILES string of the molecule is COc1ccccc1NCC(=O)N1CCNC(=O)C1c1ccccc1. The van der Waals surface area contributed by atoms with E-state index in [1.165, 1.54) is 0 Å². The number of hydrogen-bond donors (Lipinski definition) is 2. The highest BCUT2D eigenvalue weighted by molar-refractivity contribution is 5.91. The van der Waals surface area contributed by atoms with Crippen LogP contribution in [0, 0.1) is 0 Å². The highest BCUT2D eigenvalue weighted by atomic mass is 16.5. The zero-order valence-corrected chi connectivity index (χ0v) is 14.1. The highest BCUT2D eigenvalue weighted by Crippen LogP contribution is 2.25. The summed E-state index contributed by atoms with van der Waals surface area (Å²) in [5, 5.41) is 5.93. The van der Waals surface area contributed by atoms with E-state index in [4.69, 9.17) is 4.74 Å². The molecule has 0 aromatic heterocycles. The molecule has 0 saturated carbocycles. The van der Waals surface area contributed by atoms with Gasteiger partial charge in [0, 0.05) is 13.1 Å². The van der Waals surface area contributed by atoms with Crippen molar-refractivity contribution in [2.75, 3.05) is 32.1 Å². The third-order valence-electron chi connectivity index (χ3n) is 4.18. The number of anilines is 1. The van der Waals surface area contributed by atoms with Gasteiger partial charge in [0.2, 0.25) is 11.8 Å². The molecular formula is C19H21N3O3. The second-order valence-electron chi connectivity index (χ2n) is 5.75. The summed E-state index contributed by atoms with van der Waals surface area (Å²) in [7, 11) is 1.59. The second kappa shape index (κ2) is 7.70. The van der Waals surface area contributed by atoms with Gasteiger partial charge in [0.15, 0.2) is 0 Å². The minimum atomic E-state index is -0.595. The van der Waals surface area contributed by atoms with Crippen molar-refractivity contribution in [3.63, 3.8) is 0 Å². The van der Waals surface area contributed by atoms with Gasteiger partial charge in [0.05, 0.1) is 19.3 Å². The molecule has 3 rings (SSSR count). The lowest BCUT2D eigenvalue weighted by Gasteiger charge is -2.35. The van der Waals surface area contributed by atoms with Crippen LogP contribution in [0.5, 0.6) is 5.75 Å². The minimum Gasteiger partial charge on any atom is -0.495 e. The van der Waals surface area contributed by atoms with Gasteiger partial charge in [0.1, 0.15) is 11.8 Å². The van der Waals surface area contributed by atoms with Crippen LogP contribution in [-0.2, 0) is 9.59 Å². The fourth-order valence-corrected chi connectivity index (χ4v) is 2.97. The smallest absolute Gasteiger partial charge is 0.247 e. The van der Waals surface area contributed by atoms with Crippen LogP contribution >= 0.6 is 0 Å². The van der Waals surface area contributed by atoms with Crippen LogP contribution in [0.25, 0.3) is 0 Å². The van der Waals surface area contributed by atoms with Crippen molar-refractivity contribution in [2.24, 2.45) is 0 Å². The van der Waals surface area contributed by atoms with Crippen LogP contribution in [0.4, 0.5) is 5.69 Å². The molecule has 2 N–H and O–H groups in total. The van der Waals surface area contributed by atoms with Crippen LogP contribution < -0.4 is 15.4 Å². The van der Waals surface area contributed by atoms with Crippen molar-refractivity contribution < 1.29 is 14.3 Å². The van der Waals surface area contributed by atoms with Crippen molar-refractivity contribution >= 4 is 17.5 Å². The Hall–Kier alpha value is -3.02. The standard InChI is InChI=1S/C19H21N3O3/c1-25-16-10-6-5-9-15(16)21-13-17(23)22-12-11-20-19(24)18(22)14-7-3-2-4-8-14/h2-10,18,21H,11-13H2,1H3,(H,20,24). The summed E-state index contributed by atoms with van der Waals surface area (Å²) in [4.78, 5) is 26.7. The third kappa shape index (κ3) is 3.74. The summed E-state index contributed by atoms with van der Waals surface area (Å²) in [6.45, 7) is 1.04. The zero-order chi connectivity index (χ0) is 17.6. The molecule has 0 radical (unpaired) electrons. The van der Waals surface area contributed by atoms with Gasteiger partial charge in [-0.1, -0.05) is 42.5 Å². The van der Waals surface area contributed by atoms with Gasteiger partial charge in [0.25, 0.3) is 0 Å². The first-order chi connectivity index (χ1) is 12.2. The lowest BCUT2D eigenvalue weighted by molar-refractivity contribution is -0.142. The molecule has 130 valence electrons. The lowest BCUT2D eigenvalue weighted by atomic mass is 10.0. The number of piperazine rings is 1. The quantitative estimate of drug-likeness (QED) is 0.872. The molecule has 0 bridgehead atoms. The van der Waals surface area contributed by atoms with Gasteiger partial charge in [-0.05, 0) is 17.7 Å². The van der Waals surface area contributed by atoms with Crippen molar-refractivity contribution in [2.45, 2.75) is 6.04 Å². The molecule has 1 fully saturated rings. The van der Waals surface area contributed by atoms with E-state index >= 15 is 0 Å². The van der Waals surface area contributed by atoms with Crippen molar-refractivity contribution in [3.05, 3.63) is 60.2 Å². The molecule has 1 heterocycles. The largest absolute Gasteiger partial charge is 0.495 e. The number of nitrogens with zero attached hydrogens (tertiary/aromatic N) is 1. The van der Waals surface area contributed by atoms with E-state index in [1.54, 1.807) is 12.0 Å². The Morgan fingerprint density at radius 2 is 1.92 bits per heavy atom. The van der Waals surface area contributed by atoms with E-state index in [0.29, 0.717) is 18.8 Å². The number of nitrogens with one attached hydrogen (secondary N) is 2. The van der Waals surface area contributed by atoms with E-state index in [1.807, 2.05) is 54.6 Å². The number of para-hydroxylation sites is 2. The van der Waals surface area contributed by atoms with Gasteiger partial charge in [-0.25, -0.2) is 0 Å². The second-order valence-corrected chi connectivity index (χ2v) is 5.75. The molecule has 1 aliphatic rings. The molecule has 1 unspecified atom stereocenters. The van der Waals surface area contributed by atoms with E-state index in [2.05, 4.69) is 10.6 Å². The number of rotatable bonds is 5. The predicted molar refractivity (Wildman–Crippen MR) is 95.4 cm³/mol. The molecule has 0 spiro atoms. The zero-order valence-electron chi connectivity index (χ0n) is 14.1. The Balaban J connectivity index is 1.74. The van der Waals surface area contributed by atoms with Crippen LogP contribution in [0.15, 0.2) is 54.6 Å². The first-order valence-corrected chi connectivity index (χ1v) is 8.19. The predicted octanol–water partition coefficient (Wildman–Crippen LogP) is 1.81. The fraction of sp³-hybridized carbons (Fsp3) is 0.263. The number of carbonyl (C=O) groups is 2. The molecule has 1 aliphatic heterocycles. The number of hydrogen-bond acceptors (Lipinski definition) is 4. The molecule has 6 heteroatoms. The minimum absolute atomic E-state index is 0.0942. The summed E-state index contributed by atoms with van der Waals surface area (Å²) < 4.78 is 5.28. The average molecular weight is 339 g/mol. The van der Waals surface area contributed by atoms with Crippen molar-refractivity contribution in [1.29, 1.82) is 0 Å². The Morgan fingerprint density at radius 3 is 2.68 bits per heavy atom. The Kier molecular flexibility index (Phi) is 5.18. The Bertz CT molecular complexity index is 749. The maximum Gasteiger partial charge on any atom is 0.247 e. The van der Waals surface area contributed by atoms with Gasteiger partial charge in [-0.2, -0.15) is 0 Å². The number of carbonyl (C=O) groups excluding carboxylic acids is 2. The van der Waals surface area contributed by atoms with E-state index in [0.717, 1.165) is 11.3 Å². The van der Waals surface area contributed by atoms with Gasteiger partial charge in [-0.15, -0.1) is 0 Å². The topological polar surface area (TPSA) is 70.7 Å². The maximum absolute atomic E-state index is 12.7. The maximum atomic E-state index is 12.7. The number of methoxy groups -OCH3 is 1. The average Bonchev–Trinajstić information content (AvgIpc) is 2.66. The number of benzene rings is 2. The Morgan fingerprint density at radius 1 is 1.20 bits per heavy atom. The normalized spacial score (nSPS) is 16.9. The summed E-state index contributed by atoms with van der Waals surface area (Å²) in [5.41, 5.74) is 1.56. The molecule has 1 saturated heterocycles. The van der Waals surface area contributed by atoms with Crippen LogP contribution in [0.1, 0.15) is 11.6 Å². The molecule has 0 aliphatic carbocycles. The van der Waals surface area contributed by atoms with E-state index in [-0.39, 0.29) is 18.4 Å². The van der Waals surface area contributed by atoms with Gasteiger partial charge < -0.3 is 20.3 Å². The number of amides is 2. The van der Waals surface area contributed by atoms with Crippen molar-refractivity contribution in [3.8, 4) is 5.75 Å². The summed E-state index contributed by atoms with van der Waals surface area (Å²) >= 11 is 0. The Labute approximate surface area is 146 Å². The fourth-order valence-electron chi connectivity index (χ4n) is 2.97. The van der Waals surface area contributed by atoms with Crippen LogP contribution in [0.3, 0.4) is 0 Å². The van der Waals surface area contributed by atoms with E-state index in [9.17, 15) is 9.59 Å². The summed E-state index contributed by atoms with van der Waals surface area (Å²) in [6, 6.07) is 16.2. The third-order valence-corrected chi connectivity index (χ3v) is 4.18. The molecule has 1 atom stereocenters. The molecule has 2 aromatic rings. The monoisotopic (exact) mass is 339 g/mol. The van der Waals surface area contributed by atoms with Crippen LogP contribution in [-0.4, -0.2) is 43.5 Å². The highest BCUT2D eigenvalue weighted by Gasteiger charge is 2.33. The van der Waals surface area contributed by atoms with Crippen molar-refractivity contribution in [1.82, 2.24) is 10.2 Å². The first-order valence-electron chi connectivity index (χ1n) is 8.19. The molecule has 25 heavy (non-hydrogen) atoms. The summed E-state index contributed by atoms with van der Waals surface area (Å²) in [6.07, 6.45) is 0. The van der Waals surface area contributed by atoms with Gasteiger partial charge in [-0.3, -0.25) is 9.59 Å². The van der Waals surface area contributed by atoms with Crippen LogP contribution in [0.2, 0.25) is 0 Å². The summed E-state index contributed by atoms with van der Waals surface area (Å²) in [5.74, 6) is 0.393. The molecule has 2 amide bonds. The van der Waals surface area contributed by atoms with E-state index < -0.39 is 6.04 Å². The first kappa shape index (κ1) is 16.8. The molecule has 2 aromatic carbocycles. The number of ether oxygens (including phenoxy) is 1. The molecule has 6 nitrogen and oxygen atoms in total. The molecular weight excluding hydrogens is 318 g/mol. The van der Waals surface area contributed by atoms with Gasteiger partial charge >= 0.3 is 0 Å².